The van der Waals surface area contributed by atoms with Crippen LogP contribution in [-0.4, -0.2) is 24.2 Å². The maximum atomic E-state index is 12.2. The fraction of sp³-hybridized carbons (Fsp3) is 0.471. The number of aliphatic hydroxyl groups is 1. The van der Waals surface area contributed by atoms with E-state index in [0.717, 1.165) is 36.0 Å². The summed E-state index contributed by atoms with van der Waals surface area (Å²) in [5.74, 6) is 0.00117. The maximum absolute atomic E-state index is 12.2. The van der Waals surface area contributed by atoms with Crippen molar-refractivity contribution in [1.29, 1.82) is 0 Å². The summed E-state index contributed by atoms with van der Waals surface area (Å²) in [6, 6.07) is 7.64. The van der Waals surface area contributed by atoms with Gasteiger partial charge in [0.1, 0.15) is 0 Å². The van der Waals surface area contributed by atoms with Crippen molar-refractivity contribution < 1.29 is 9.90 Å². The van der Waals surface area contributed by atoms with Crippen molar-refractivity contribution in [2.45, 2.75) is 33.1 Å². The van der Waals surface area contributed by atoms with Gasteiger partial charge in [-0.3, -0.25) is 4.79 Å². The molecule has 0 aromatic heterocycles. The molecule has 1 amide bonds. The molecule has 0 heterocycles. The molecule has 20 heavy (non-hydrogen) atoms. The van der Waals surface area contributed by atoms with Gasteiger partial charge in [-0.2, -0.15) is 0 Å². The van der Waals surface area contributed by atoms with E-state index in [-0.39, 0.29) is 17.9 Å². The molecular formula is C17H23NO2. The predicted molar refractivity (Wildman–Crippen MR) is 80.6 cm³/mol. The fourth-order valence-corrected chi connectivity index (χ4v) is 2.58. The van der Waals surface area contributed by atoms with E-state index in [2.05, 4.69) is 18.3 Å². The van der Waals surface area contributed by atoms with Gasteiger partial charge in [0.2, 0.25) is 0 Å². The van der Waals surface area contributed by atoms with Gasteiger partial charge in [-0.15, -0.1) is 0 Å². The summed E-state index contributed by atoms with van der Waals surface area (Å²) >= 11 is 0. The molecule has 0 fully saturated rings. The molecule has 0 radical (unpaired) electrons. The molecule has 0 bridgehead atoms. The van der Waals surface area contributed by atoms with Crippen LogP contribution >= 0.6 is 0 Å². The summed E-state index contributed by atoms with van der Waals surface area (Å²) in [6.07, 6.45) is 4.96. The van der Waals surface area contributed by atoms with Gasteiger partial charge in [-0.25, -0.2) is 0 Å². The van der Waals surface area contributed by atoms with E-state index in [1.807, 2.05) is 31.2 Å². The van der Waals surface area contributed by atoms with Crippen LogP contribution in [-0.2, 0) is 0 Å². The van der Waals surface area contributed by atoms with Crippen molar-refractivity contribution in [2.75, 3.05) is 13.2 Å². The summed E-state index contributed by atoms with van der Waals surface area (Å²) in [4.78, 5) is 12.2. The number of aliphatic hydroxyl groups excluding tert-OH is 1. The normalized spacial score (nSPS) is 22.2. The first kappa shape index (κ1) is 14.8. The summed E-state index contributed by atoms with van der Waals surface area (Å²) in [6.45, 7) is 4.98. The lowest BCUT2D eigenvalue weighted by molar-refractivity contribution is 0.0928. The van der Waals surface area contributed by atoms with E-state index in [1.54, 1.807) is 0 Å². The Balaban J connectivity index is 1.94. The van der Waals surface area contributed by atoms with Crippen LogP contribution in [0.15, 0.2) is 35.9 Å². The summed E-state index contributed by atoms with van der Waals surface area (Å²) < 4.78 is 0. The number of amides is 1. The number of carbonyl (C=O) groups excluding carboxylic acids is 1. The molecule has 3 nitrogen and oxygen atoms in total. The van der Waals surface area contributed by atoms with Crippen LogP contribution in [0.25, 0.3) is 0 Å². The van der Waals surface area contributed by atoms with Crippen LogP contribution in [0.3, 0.4) is 0 Å². The Hall–Kier alpha value is -1.61. The SMILES string of the molecule is Cc1ccccc1C(=O)NC[C@@]1(C)CC=C(CO)CC1. The first-order valence-electron chi connectivity index (χ1n) is 7.17. The largest absolute Gasteiger partial charge is 0.392 e. The molecule has 0 spiro atoms. The number of carbonyl (C=O) groups is 1. The molecule has 3 heteroatoms. The Kier molecular flexibility index (Phi) is 4.61. The van der Waals surface area contributed by atoms with Crippen molar-refractivity contribution in [2.24, 2.45) is 5.41 Å². The first-order chi connectivity index (χ1) is 9.54. The molecule has 0 saturated heterocycles. The van der Waals surface area contributed by atoms with E-state index in [1.165, 1.54) is 0 Å². The van der Waals surface area contributed by atoms with Crippen LogP contribution < -0.4 is 5.32 Å². The average molecular weight is 273 g/mol. The van der Waals surface area contributed by atoms with Gasteiger partial charge in [0.25, 0.3) is 5.91 Å². The maximum Gasteiger partial charge on any atom is 0.251 e. The minimum atomic E-state index is 0.00117. The van der Waals surface area contributed by atoms with Crippen molar-refractivity contribution in [3.8, 4) is 0 Å². The van der Waals surface area contributed by atoms with Crippen molar-refractivity contribution in [1.82, 2.24) is 5.32 Å². The molecular weight excluding hydrogens is 250 g/mol. The number of hydrogen-bond donors (Lipinski definition) is 2. The Morgan fingerprint density at radius 1 is 1.40 bits per heavy atom. The number of benzene rings is 1. The molecule has 0 saturated carbocycles. The van der Waals surface area contributed by atoms with E-state index in [0.29, 0.717) is 6.54 Å². The highest BCUT2D eigenvalue weighted by Gasteiger charge is 2.27. The van der Waals surface area contributed by atoms with Gasteiger partial charge in [-0.1, -0.05) is 31.2 Å². The van der Waals surface area contributed by atoms with E-state index >= 15 is 0 Å². The van der Waals surface area contributed by atoms with Crippen LogP contribution in [0.5, 0.6) is 0 Å². The molecule has 2 N–H and O–H groups in total. The number of rotatable bonds is 4. The highest BCUT2D eigenvalue weighted by Crippen LogP contribution is 2.34. The standard InChI is InChI=1S/C17H23NO2/c1-13-5-3-4-6-15(13)16(20)18-12-17(2)9-7-14(11-19)8-10-17/h3-7,19H,8-12H2,1-2H3,(H,18,20)/t17-/m0/s1. The summed E-state index contributed by atoms with van der Waals surface area (Å²) in [5, 5.41) is 12.2. The van der Waals surface area contributed by atoms with Crippen molar-refractivity contribution in [3.63, 3.8) is 0 Å². The minimum absolute atomic E-state index is 0.00117. The number of aryl methyl sites for hydroxylation is 1. The zero-order valence-corrected chi connectivity index (χ0v) is 12.3. The monoisotopic (exact) mass is 273 g/mol. The molecule has 2 rings (SSSR count). The summed E-state index contributed by atoms with van der Waals surface area (Å²) in [5.41, 5.74) is 2.96. The second kappa shape index (κ2) is 6.23. The third kappa shape index (κ3) is 3.48. The average Bonchev–Trinajstić information content (AvgIpc) is 2.46. The molecule has 1 aliphatic carbocycles. The molecule has 108 valence electrons. The molecule has 0 aliphatic heterocycles. The van der Waals surface area contributed by atoms with Crippen molar-refractivity contribution in [3.05, 3.63) is 47.0 Å². The van der Waals surface area contributed by atoms with Gasteiger partial charge in [0, 0.05) is 12.1 Å². The fourth-order valence-electron chi connectivity index (χ4n) is 2.58. The number of allylic oxidation sites excluding steroid dienone is 1. The van der Waals surface area contributed by atoms with Gasteiger partial charge >= 0.3 is 0 Å². The second-order valence-electron chi connectivity index (χ2n) is 6.03. The van der Waals surface area contributed by atoms with Gasteiger partial charge in [0.05, 0.1) is 6.61 Å². The first-order valence-corrected chi connectivity index (χ1v) is 7.17. The molecule has 1 aromatic rings. The van der Waals surface area contributed by atoms with Crippen LogP contribution in [0.1, 0.15) is 42.1 Å². The lowest BCUT2D eigenvalue weighted by Crippen LogP contribution is -2.37. The number of hydrogen-bond acceptors (Lipinski definition) is 2. The second-order valence-corrected chi connectivity index (χ2v) is 6.03. The van der Waals surface area contributed by atoms with E-state index in [4.69, 9.17) is 5.11 Å². The quantitative estimate of drug-likeness (QED) is 0.829. The molecule has 1 aliphatic rings. The number of nitrogens with one attached hydrogen (secondary N) is 1. The Morgan fingerprint density at radius 2 is 2.15 bits per heavy atom. The Morgan fingerprint density at radius 3 is 2.75 bits per heavy atom. The van der Waals surface area contributed by atoms with Gasteiger partial charge in [0.15, 0.2) is 0 Å². The Labute approximate surface area is 120 Å². The van der Waals surface area contributed by atoms with E-state index in [9.17, 15) is 4.79 Å². The Bertz CT molecular complexity index is 521. The highest BCUT2D eigenvalue weighted by molar-refractivity contribution is 5.95. The lowest BCUT2D eigenvalue weighted by atomic mass is 9.76. The van der Waals surface area contributed by atoms with Crippen LogP contribution in [0.4, 0.5) is 0 Å². The van der Waals surface area contributed by atoms with Gasteiger partial charge in [-0.05, 0) is 48.8 Å². The van der Waals surface area contributed by atoms with Gasteiger partial charge < -0.3 is 10.4 Å². The third-order valence-corrected chi connectivity index (χ3v) is 4.20. The zero-order chi connectivity index (χ0) is 14.6. The summed E-state index contributed by atoms with van der Waals surface area (Å²) in [7, 11) is 0. The lowest BCUT2D eigenvalue weighted by Gasteiger charge is -2.32. The molecule has 0 unspecified atom stereocenters. The molecule has 1 atom stereocenters. The topological polar surface area (TPSA) is 49.3 Å². The smallest absolute Gasteiger partial charge is 0.251 e. The van der Waals surface area contributed by atoms with Crippen LogP contribution in [0.2, 0.25) is 0 Å². The third-order valence-electron chi connectivity index (χ3n) is 4.20. The molecule has 1 aromatic carbocycles. The van der Waals surface area contributed by atoms with Crippen molar-refractivity contribution >= 4 is 5.91 Å². The van der Waals surface area contributed by atoms with E-state index < -0.39 is 0 Å². The van der Waals surface area contributed by atoms with Crippen LogP contribution in [0, 0.1) is 12.3 Å². The predicted octanol–water partition coefficient (Wildman–Crippen LogP) is 2.83. The zero-order valence-electron chi connectivity index (χ0n) is 12.3. The highest BCUT2D eigenvalue weighted by atomic mass is 16.3. The minimum Gasteiger partial charge on any atom is -0.392 e.